The van der Waals surface area contributed by atoms with E-state index in [1.165, 1.54) is 6.33 Å². The number of nitrogens with two attached hydrogens (primary N) is 1. The topological polar surface area (TPSA) is 81.7 Å². The Hall–Kier alpha value is -1.95. The van der Waals surface area contributed by atoms with Crippen LogP contribution in [0, 0.1) is 0 Å². The Kier molecular flexibility index (Phi) is 2.59. The van der Waals surface area contributed by atoms with Crippen LogP contribution in [0.15, 0.2) is 24.8 Å². The molecular formula is C9H12N6. The molecule has 78 valence electrons. The van der Waals surface area contributed by atoms with Crippen LogP contribution >= 0.6 is 0 Å². The largest absolute Gasteiger partial charge is 0.308 e. The molecule has 0 fully saturated rings. The summed E-state index contributed by atoms with van der Waals surface area (Å²) < 4.78 is 1.91. The number of hydrogen-bond donors (Lipinski definition) is 2. The van der Waals surface area contributed by atoms with E-state index in [0.717, 1.165) is 18.1 Å². The number of imidazole rings is 1. The summed E-state index contributed by atoms with van der Waals surface area (Å²) in [4.78, 5) is 12.3. The molecule has 2 rings (SSSR count). The van der Waals surface area contributed by atoms with Gasteiger partial charge in [0, 0.05) is 24.9 Å². The molecule has 0 aromatic carbocycles. The van der Waals surface area contributed by atoms with Gasteiger partial charge in [0.2, 0.25) is 0 Å². The Balaban J connectivity index is 2.44. The van der Waals surface area contributed by atoms with E-state index in [9.17, 15) is 0 Å². The molecule has 0 aliphatic heterocycles. The van der Waals surface area contributed by atoms with Crippen LogP contribution in [0.25, 0.3) is 5.82 Å². The van der Waals surface area contributed by atoms with Crippen molar-refractivity contribution in [1.29, 1.82) is 0 Å². The average Bonchev–Trinajstić information content (AvgIpc) is 2.77. The van der Waals surface area contributed by atoms with Gasteiger partial charge in [0.25, 0.3) is 0 Å². The minimum Gasteiger partial charge on any atom is -0.308 e. The van der Waals surface area contributed by atoms with Gasteiger partial charge in [-0.25, -0.2) is 20.8 Å². The zero-order chi connectivity index (χ0) is 10.7. The van der Waals surface area contributed by atoms with Gasteiger partial charge in [-0.2, -0.15) is 0 Å². The first-order chi connectivity index (χ1) is 7.35. The molecule has 6 nitrogen and oxygen atoms in total. The van der Waals surface area contributed by atoms with Gasteiger partial charge >= 0.3 is 0 Å². The van der Waals surface area contributed by atoms with E-state index in [1.807, 2.05) is 17.7 Å². The summed E-state index contributed by atoms with van der Waals surface area (Å²) >= 11 is 0. The molecule has 0 saturated heterocycles. The lowest BCUT2D eigenvalue weighted by molar-refractivity contribution is 0.861. The van der Waals surface area contributed by atoms with Crippen molar-refractivity contribution in [3.63, 3.8) is 0 Å². The molecule has 0 saturated carbocycles. The van der Waals surface area contributed by atoms with Crippen LogP contribution in [0.5, 0.6) is 0 Å². The number of nitrogens with one attached hydrogen (secondary N) is 1. The molecule has 0 unspecified atom stereocenters. The van der Waals surface area contributed by atoms with E-state index in [-0.39, 0.29) is 0 Å². The van der Waals surface area contributed by atoms with E-state index >= 15 is 0 Å². The number of nitrogen functional groups attached to an aromatic ring is 1. The van der Waals surface area contributed by atoms with E-state index in [4.69, 9.17) is 5.84 Å². The normalized spacial score (nSPS) is 10.3. The zero-order valence-corrected chi connectivity index (χ0v) is 8.38. The number of anilines is 1. The lowest BCUT2D eigenvalue weighted by Crippen LogP contribution is -2.10. The molecule has 3 N–H and O–H groups in total. The van der Waals surface area contributed by atoms with Crippen LogP contribution in [-0.4, -0.2) is 19.5 Å². The highest BCUT2D eigenvalue weighted by Crippen LogP contribution is 2.10. The Morgan fingerprint density at radius 2 is 2.27 bits per heavy atom. The Morgan fingerprint density at radius 3 is 3.00 bits per heavy atom. The number of aryl methyl sites for hydroxylation is 1. The summed E-state index contributed by atoms with van der Waals surface area (Å²) in [6, 6.07) is 1.76. The van der Waals surface area contributed by atoms with Crippen molar-refractivity contribution in [3.8, 4) is 5.82 Å². The average molecular weight is 204 g/mol. The van der Waals surface area contributed by atoms with Crippen LogP contribution in [-0.2, 0) is 6.42 Å². The predicted octanol–water partition coefficient (Wildman–Crippen LogP) is 0.510. The number of hydrazine groups is 1. The highest BCUT2D eigenvalue weighted by atomic mass is 15.3. The van der Waals surface area contributed by atoms with Gasteiger partial charge in [0.1, 0.15) is 23.8 Å². The van der Waals surface area contributed by atoms with E-state index in [1.54, 1.807) is 12.3 Å². The number of rotatable bonds is 3. The third kappa shape index (κ3) is 1.79. The summed E-state index contributed by atoms with van der Waals surface area (Å²) in [5.41, 5.74) is 2.48. The number of aromatic nitrogens is 4. The van der Waals surface area contributed by atoms with E-state index < -0.39 is 0 Å². The minimum atomic E-state index is 0.579. The lowest BCUT2D eigenvalue weighted by atomic mass is 10.4. The molecule has 15 heavy (non-hydrogen) atoms. The van der Waals surface area contributed by atoms with Crippen molar-refractivity contribution in [2.45, 2.75) is 13.3 Å². The lowest BCUT2D eigenvalue weighted by Gasteiger charge is -2.06. The van der Waals surface area contributed by atoms with Crippen molar-refractivity contribution >= 4 is 5.82 Å². The smallest absolute Gasteiger partial charge is 0.145 e. The fourth-order valence-corrected chi connectivity index (χ4v) is 1.36. The summed E-state index contributed by atoms with van der Waals surface area (Å²) in [5, 5.41) is 0. The van der Waals surface area contributed by atoms with Gasteiger partial charge < -0.3 is 5.43 Å². The quantitative estimate of drug-likeness (QED) is 0.562. The first kappa shape index (κ1) is 9.60. The second-order valence-corrected chi connectivity index (χ2v) is 2.97. The fourth-order valence-electron chi connectivity index (χ4n) is 1.36. The Bertz CT molecular complexity index is 449. The number of nitrogens with zero attached hydrogens (tertiary/aromatic N) is 4. The van der Waals surface area contributed by atoms with Crippen LogP contribution < -0.4 is 11.3 Å². The van der Waals surface area contributed by atoms with Crippen molar-refractivity contribution in [1.82, 2.24) is 19.5 Å². The van der Waals surface area contributed by atoms with Crippen LogP contribution in [0.1, 0.15) is 12.7 Å². The minimum absolute atomic E-state index is 0.579. The molecule has 2 aromatic heterocycles. The van der Waals surface area contributed by atoms with Crippen molar-refractivity contribution in [3.05, 3.63) is 30.6 Å². The highest BCUT2D eigenvalue weighted by molar-refractivity contribution is 5.39. The predicted molar refractivity (Wildman–Crippen MR) is 56.3 cm³/mol. The monoisotopic (exact) mass is 204 g/mol. The standard InChI is InChI=1S/C9H12N6/c1-2-8-11-3-4-15(8)9-5-7(14-10)12-6-13-9/h3-6H,2,10H2,1H3,(H,12,13,14). The molecule has 0 amide bonds. The number of hydrogen-bond acceptors (Lipinski definition) is 5. The van der Waals surface area contributed by atoms with Crippen molar-refractivity contribution in [2.75, 3.05) is 5.43 Å². The first-order valence-electron chi connectivity index (χ1n) is 4.66. The van der Waals surface area contributed by atoms with E-state index in [2.05, 4.69) is 20.4 Å². The summed E-state index contributed by atoms with van der Waals surface area (Å²) in [7, 11) is 0. The van der Waals surface area contributed by atoms with Crippen molar-refractivity contribution in [2.24, 2.45) is 5.84 Å². The van der Waals surface area contributed by atoms with Gasteiger partial charge in [-0.05, 0) is 0 Å². The maximum Gasteiger partial charge on any atom is 0.145 e. The molecule has 6 heteroatoms. The van der Waals surface area contributed by atoms with Crippen LogP contribution in [0.3, 0.4) is 0 Å². The van der Waals surface area contributed by atoms with Gasteiger partial charge in [-0.1, -0.05) is 6.92 Å². The Morgan fingerprint density at radius 1 is 1.40 bits per heavy atom. The zero-order valence-electron chi connectivity index (χ0n) is 8.38. The van der Waals surface area contributed by atoms with Gasteiger partial charge in [0.05, 0.1) is 0 Å². The molecule has 0 radical (unpaired) electrons. The third-order valence-electron chi connectivity index (χ3n) is 2.08. The van der Waals surface area contributed by atoms with Gasteiger partial charge in [0.15, 0.2) is 0 Å². The molecule has 2 heterocycles. The summed E-state index contributed by atoms with van der Waals surface area (Å²) in [6.07, 6.45) is 5.92. The molecular weight excluding hydrogens is 192 g/mol. The first-order valence-corrected chi connectivity index (χ1v) is 4.66. The van der Waals surface area contributed by atoms with Crippen LogP contribution in [0.2, 0.25) is 0 Å². The van der Waals surface area contributed by atoms with Gasteiger partial charge in [-0.3, -0.25) is 4.57 Å². The van der Waals surface area contributed by atoms with Gasteiger partial charge in [-0.15, -0.1) is 0 Å². The Labute approximate surface area is 87.2 Å². The molecule has 0 aliphatic carbocycles. The molecule has 0 atom stereocenters. The summed E-state index contributed by atoms with van der Waals surface area (Å²) in [6.45, 7) is 2.04. The SMILES string of the molecule is CCc1nccn1-c1cc(NN)ncn1. The van der Waals surface area contributed by atoms with Crippen molar-refractivity contribution < 1.29 is 0 Å². The molecule has 0 bridgehead atoms. The fraction of sp³-hybridized carbons (Fsp3) is 0.222. The highest BCUT2D eigenvalue weighted by Gasteiger charge is 2.04. The molecule has 0 spiro atoms. The second-order valence-electron chi connectivity index (χ2n) is 2.97. The maximum absolute atomic E-state index is 5.28. The third-order valence-corrected chi connectivity index (χ3v) is 2.08. The summed E-state index contributed by atoms with van der Waals surface area (Å²) in [5.74, 6) is 7.57. The van der Waals surface area contributed by atoms with E-state index in [0.29, 0.717) is 5.82 Å². The molecule has 2 aromatic rings. The van der Waals surface area contributed by atoms with Crippen LogP contribution in [0.4, 0.5) is 5.82 Å². The second kappa shape index (κ2) is 4.05. The maximum atomic E-state index is 5.28. The molecule has 0 aliphatic rings.